The Kier molecular flexibility index (Phi) is 2.24. The number of nitrogens with two attached hydrogens (primary N) is 1. The molecule has 3 nitrogen and oxygen atoms in total. The Morgan fingerprint density at radius 1 is 1.42 bits per heavy atom. The largest absolute Gasteiger partial charge is 0.396 e. The molecule has 0 unspecified atom stereocenters. The monoisotopic (exact) mass is 183 g/mol. The summed E-state index contributed by atoms with van der Waals surface area (Å²) < 4.78 is 0. The Labute approximate surface area is 76.4 Å². The molecule has 2 aromatic rings. The predicted octanol–water partition coefficient (Wildman–Crippen LogP) is 1.88. The summed E-state index contributed by atoms with van der Waals surface area (Å²) in [5, 5.41) is 0. The van der Waals surface area contributed by atoms with Gasteiger partial charge in [-0.2, -0.15) is 0 Å². The zero-order chi connectivity index (χ0) is 7.84. The molecule has 0 fully saturated rings. The maximum Gasteiger partial charge on any atom is 0.111 e. The zero-order valence-corrected chi connectivity index (χ0v) is 7.48. The zero-order valence-electron chi connectivity index (χ0n) is 6.66. The van der Waals surface area contributed by atoms with Crippen molar-refractivity contribution in [3.05, 3.63) is 24.0 Å². The summed E-state index contributed by atoms with van der Waals surface area (Å²) >= 11 is 0. The highest BCUT2D eigenvalue weighted by Gasteiger charge is 1.99. The van der Waals surface area contributed by atoms with E-state index in [0.717, 1.165) is 16.7 Å². The second-order valence-electron chi connectivity index (χ2n) is 2.59. The van der Waals surface area contributed by atoms with Gasteiger partial charge in [0.15, 0.2) is 0 Å². The standard InChI is InChI=1S/C8H9N3.ClH/c1-5-2-3-7-8(11-5)6(9)4-10-7;/h2-4,10H,9H2,1H3;1H. The number of H-pyrrole nitrogens is 1. The van der Waals surface area contributed by atoms with Crippen molar-refractivity contribution in [3.63, 3.8) is 0 Å². The van der Waals surface area contributed by atoms with Crippen LogP contribution >= 0.6 is 12.4 Å². The fourth-order valence-electron chi connectivity index (χ4n) is 1.12. The Morgan fingerprint density at radius 2 is 2.17 bits per heavy atom. The number of pyridine rings is 1. The quantitative estimate of drug-likeness (QED) is 0.655. The lowest BCUT2D eigenvalue weighted by atomic mass is 10.3. The predicted molar refractivity (Wildman–Crippen MR) is 52.5 cm³/mol. The maximum absolute atomic E-state index is 5.65. The van der Waals surface area contributed by atoms with Gasteiger partial charge in [-0.05, 0) is 19.1 Å². The van der Waals surface area contributed by atoms with Gasteiger partial charge in [-0.1, -0.05) is 0 Å². The number of fused-ring (bicyclic) bond motifs is 1. The van der Waals surface area contributed by atoms with E-state index in [4.69, 9.17) is 5.73 Å². The maximum atomic E-state index is 5.65. The van der Waals surface area contributed by atoms with E-state index in [1.165, 1.54) is 0 Å². The first-order valence-electron chi connectivity index (χ1n) is 3.47. The van der Waals surface area contributed by atoms with Crippen molar-refractivity contribution < 1.29 is 0 Å². The van der Waals surface area contributed by atoms with E-state index in [1.54, 1.807) is 6.20 Å². The Bertz CT molecular complexity index is 394. The Hall–Kier alpha value is -1.22. The van der Waals surface area contributed by atoms with Crippen molar-refractivity contribution in [1.29, 1.82) is 0 Å². The van der Waals surface area contributed by atoms with Crippen LogP contribution in [0.3, 0.4) is 0 Å². The van der Waals surface area contributed by atoms with Crippen LogP contribution in [0, 0.1) is 6.92 Å². The summed E-state index contributed by atoms with van der Waals surface area (Å²) in [6, 6.07) is 3.94. The summed E-state index contributed by atoms with van der Waals surface area (Å²) in [4.78, 5) is 7.31. The molecule has 12 heavy (non-hydrogen) atoms. The van der Waals surface area contributed by atoms with Crippen LogP contribution < -0.4 is 5.73 Å². The topological polar surface area (TPSA) is 54.7 Å². The lowest BCUT2D eigenvalue weighted by Gasteiger charge is -1.92. The lowest BCUT2D eigenvalue weighted by Crippen LogP contribution is -1.85. The van der Waals surface area contributed by atoms with Crippen LogP contribution in [0.25, 0.3) is 11.0 Å². The third-order valence-corrected chi connectivity index (χ3v) is 1.69. The van der Waals surface area contributed by atoms with Gasteiger partial charge in [0.2, 0.25) is 0 Å². The van der Waals surface area contributed by atoms with E-state index in [1.807, 2.05) is 19.1 Å². The van der Waals surface area contributed by atoms with Crippen LogP contribution in [0.4, 0.5) is 5.69 Å². The number of aromatic amines is 1. The lowest BCUT2D eigenvalue weighted by molar-refractivity contribution is 1.26. The average molecular weight is 184 g/mol. The van der Waals surface area contributed by atoms with Crippen molar-refractivity contribution in [2.45, 2.75) is 6.92 Å². The van der Waals surface area contributed by atoms with Gasteiger partial charge in [0.1, 0.15) is 5.52 Å². The third kappa shape index (κ3) is 1.23. The summed E-state index contributed by atoms with van der Waals surface area (Å²) in [7, 11) is 0. The highest BCUT2D eigenvalue weighted by molar-refractivity contribution is 5.87. The number of hydrogen-bond donors (Lipinski definition) is 2. The van der Waals surface area contributed by atoms with E-state index in [0.29, 0.717) is 5.69 Å². The first-order chi connectivity index (χ1) is 5.27. The third-order valence-electron chi connectivity index (χ3n) is 1.69. The van der Waals surface area contributed by atoms with Crippen molar-refractivity contribution in [2.24, 2.45) is 0 Å². The fraction of sp³-hybridized carbons (Fsp3) is 0.125. The first-order valence-corrected chi connectivity index (χ1v) is 3.47. The van der Waals surface area contributed by atoms with Crippen LogP contribution in [0.2, 0.25) is 0 Å². The fourth-order valence-corrected chi connectivity index (χ4v) is 1.12. The molecule has 0 atom stereocenters. The molecule has 0 radical (unpaired) electrons. The molecule has 0 saturated heterocycles. The van der Waals surface area contributed by atoms with Gasteiger partial charge < -0.3 is 10.7 Å². The van der Waals surface area contributed by atoms with Crippen molar-refractivity contribution in [2.75, 3.05) is 5.73 Å². The van der Waals surface area contributed by atoms with Gasteiger partial charge in [-0.25, -0.2) is 4.98 Å². The van der Waals surface area contributed by atoms with E-state index in [2.05, 4.69) is 9.97 Å². The van der Waals surface area contributed by atoms with E-state index in [-0.39, 0.29) is 12.4 Å². The molecule has 2 heterocycles. The SMILES string of the molecule is Cc1ccc2[nH]cc(N)c2n1.Cl. The molecule has 2 aromatic heterocycles. The minimum absolute atomic E-state index is 0. The molecule has 0 aromatic carbocycles. The minimum atomic E-state index is 0. The molecule has 0 amide bonds. The normalized spacial score (nSPS) is 9.75. The van der Waals surface area contributed by atoms with Crippen molar-refractivity contribution >= 4 is 29.1 Å². The van der Waals surface area contributed by atoms with Crippen LogP contribution in [0.15, 0.2) is 18.3 Å². The van der Waals surface area contributed by atoms with Crippen LogP contribution in [0.5, 0.6) is 0 Å². The number of nitrogens with zero attached hydrogens (tertiary/aromatic N) is 1. The highest BCUT2D eigenvalue weighted by atomic mass is 35.5. The van der Waals surface area contributed by atoms with Gasteiger partial charge >= 0.3 is 0 Å². The Morgan fingerprint density at radius 3 is 2.92 bits per heavy atom. The molecule has 0 saturated carbocycles. The van der Waals surface area contributed by atoms with E-state index >= 15 is 0 Å². The number of aryl methyl sites for hydroxylation is 1. The number of hydrogen-bond acceptors (Lipinski definition) is 2. The summed E-state index contributed by atoms with van der Waals surface area (Å²) in [5.41, 5.74) is 9.21. The molecule has 64 valence electrons. The summed E-state index contributed by atoms with van der Waals surface area (Å²) in [6.07, 6.45) is 1.76. The van der Waals surface area contributed by atoms with Crippen LogP contribution in [-0.2, 0) is 0 Å². The molecule has 0 bridgehead atoms. The Balaban J connectivity index is 0.000000720. The number of halogens is 1. The first kappa shape index (κ1) is 8.87. The number of nitrogen functional groups attached to an aromatic ring is 1. The smallest absolute Gasteiger partial charge is 0.111 e. The van der Waals surface area contributed by atoms with Crippen LogP contribution in [0.1, 0.15) is 5.69 Å². The number of aromatic nitrogens is 2. The highest BCUT2D eigenvalue weighted by Crippen LogP contribution is 2.17. The second-order valence-corrected chi connectivity index (χ2v) is 2.59. The van der Waals surface area contributed by atoms with Gasteiger partial charge in [-0.15, -0.1) is 12.4 Å². The molecular weight excluding hydrogens is 174 g/mol. The molecule has 0 spiro atoms. The van der Waals surface area contributed by atoms with Gasteiger partial charge in [0.05, 0.1) is 11.2 Å². The molecule has 3 N–H and O–H groups in total. The number of nitrogens with one attached hydrogen (secondary N) is 1. The molecule has 0 aliphatic carbocycles. The van der Waals surface area contributed by atoms with Crippen molar-refractivity contribution in [3.8, 4) is 0 Å². The van der Waals surface area contributed by atoms with Gasteiger partial charge in [0, 0.05) is 11.9 Å². The minimum Gasteiger partial charge on any atom is -0.396 e. The number of rotatable bonds is 0. The molecular formula is C8H10ClN3. The van der Waals surface area contributed by atoms with Crippen LogP contribution in [-0.4, -0.2) is 9.97 Å². The summed E-state index contributed by atoms with van der Waals surface area (Å²) in [6.45, 7) is 1.95. The van der Waals surface area contributed by atoms with Crippen molar-refractivity contribution in [1.82, 2.24) is 9.97 Å². The second kappa shape index (κ2) is 3.03. The number of anilines is 1. The molecule has 2 rings (SSSR count). The molecule has 0 aliphatic heterocycles. The molecule has 4 heteroatoms. The van der Waals surface area contributed by atoms with E-state index < -0.39 is 0 Å². The average Bonchev–Trinajstić information content (AvgIpc) is 2.33. The summed E-state index contributed by atoms with van der Waals surface area (Å²) in [5.74, 6) is 0. The molecule has 0 aliphatic rings. The van der Waals surface area contributed by atoms with Gasteiger partial charge in [0.25, 0.3) is 0 Å². The van der Waals surface area contributed by atoms with E-state index in [9.17, 15) is 0 Å². The van der Waals surface area contributed by atoms with Gasteiger partial charge in [-0.3, -0.25) is 0 Å².